The van der Waals surface area contributed by atoms with Crippen LogP contribution in [0.1, 0.15) is 59.2 Å². The molecule has 0 bridgehead atoms. The molecule has 0 aliphatic carbocycles. The molecule has 3 rings (SSSR count). The number of methoxy groups -OCH3 is 2. The van der Waals surface area contributed by atoms with Gasteiger partial charge in [0.15, 0.2) is 0 Å². The van der Waals surface area contributed by atoms with E-state index in [2.05, 4.69) is 0 Å². The second kappa shape index (κ2) is 10.6. The average Bonchev–Trinajstić information content (AvgIpc) is 2.82. The number of quaternary nitrogens is 2. The number of hydrogen-bond acceptors (Lipinski definition) is 4. The van der Waals surface area contributed by atoms with Gasteiger partial charge < -0.3 is 9.47 Å². The van der Waals surface area contributed by atoms with Gasteiger partial charge in [0.1, 0.15) is 13.1 Å². The molecule has 0 unspecified atom stereocenters. The number of benzene rings is 1. The van der Waals surface area contributed by atoms with Crippen LogP contribution < -0.4 is 0 Å². The summed E-state index contributed by atoms with van der Waals surface area (Å²) in [6.45, 7) is 6.10. The van der Waals surface area contributed by atoms with Gasteiger partial charge in [0.05, 0.1) is 50.5 Å². The average molecular weight is 419 g/mol. The third-order valence-corrected chi connectivity index (χ3v) is 7.03. The molecule has 2 fully saturated rings. The molecule has 0 radical (unpaired) electrons. The fourth-order valence-electron chi connectivity index (χ4n) is 5.13. The molecule has 1 aromatic carbocycles. The van der Waals surface area contributed by atoms with Gasteiger partial charge in [-0.15, -0.1) is 0 Å². The third kappa shape index (κ3) is 4.99. The number of ether oxygens (including phenoxy) is 2. The molecule has 30 heavy (non-hydrogen) atoms. The fraction of sp³-hybridized carbons (Fsp3) is 0.667. The molecule has 2 saturated heterocycles. The summed E-state index contributed by atoms with van der Waals surface area (Å²) in [5.41, 5.74) is 1.40. The van der Waals surface area contributed by atoms with Crippen molar-refractivity contribution in [3.63, 3.8) is 0 Å². The van der Waals surface area contributed by atoms with Crippen molar-refractivity contribution in [3.8, 4) is 0 Å². The summed E-state index contributed by atoms with van der Waals surface area (Å²) >= 11 is 0. The summed E-state index contributed by atoms with van der Waals surface area (Å²) in [5, 5.41) is 0. The normalized spacial score (nSPS) is 20.6. The molecule has 2 heterocycles. The van der Waals surface area contributed by atoms with E-state index in [1.807, 2.05) is 24.3 Å². The van der Waals surface area contributed by atoms with Crippen molar-refractivity contribution in [2.24, 2.45) is 0 Å². The van der Waals surface area contributed by atoms with Gasteiger partial charge in [-0.3, -0.25) is 8.97 Å². The molecule has 1 aromatic rings. The summed E-state index contributed by atoms with van der Waals surface area (Å²) in [7, 11) is 3.38. The predicted molar refractivity (Wildman–Crippen MR) is 116 cm³/mol. The lowest BCUT2D eigenvalue weighted by molar-refractivity contribution is -0.854. The van der Waals surface area contributed by atoms with Gasteiger partial charge in [0.25, 0.3) is 0 Å². The van der Waals surface area contributed by atoms with Crippen LogP contribution in [0.2, 0.25) is 0 Å². The van der Waals surface area contributed by atoms with Gasteiger partial charge in [0, 0.05) is 14.2 Å². The van der Waals surface area contributed by atoms with Crippen molar-refractivity contribution in [2.75, 3.05) is 66.7 Å². The first kappa shape index (κ1) is 23.1. The van der Waals surface area contributed by atoms with Crippen LogP contribution in [0.15, 0.2) is 24.3 Å². The summed E-state index contributed by atoms with van der Waals surface area (Å²) in [6, 6.07) is 7.42. The topological polar surface area (TPSA) is 52.6 Å². The maximum absolute atomic E-state index is 13.4. The predicted octanol–water partition coefficient (Wildman–Crippen LogP) is 3.26. The number of hydrogen-bond donors (Lipinski definition) is 0. The summed E-state index contributed by atoms with van der Waals surface area (Å²) in [6.07, 6.45) is 6.68. The highest BCUT2D eigenvalue weighted by Gasteiger charge is 2.40. The van der Waals surface area contributed by atoms with Crippen LogP contribution in [0.4, 0.5) is 0 Å². The van der Waals surface area contributed by atoms with E-state index >= 15 is 0 Å². The van der Waals surface area contributed by atoms with Crippen LogP contribution in [0, 0.1) is 0 Å². The van der Waals surface area contributed by atoms with Crippen molar-refractivity contribution in [3.05, 3.63) is 35.4 Å². The summed E-state index contributed by atoms with van der Waals surface area (Å²) < 4.78 is 11.5. The molecule has 0 spiro atoms. The Balaban J connectivity index is 1.78. The Labute approximate surface area is 180 Å². The number of nitrogens with zero attached hydrogens (tertiary/aromatic N) is 2. The molecule has 0 atom stereocenters. The van der Waals surface area contributed by atoms with Gasteiger partial charge in [-0.25, -0.2) is 9.59 Å². The summed E-state index contributed by atoms with van der Waals surface area (Å²) in [4.78, 5) is 26.9. The first-order chi connectivity index (χ1) is 14.6. The first-order valence-electron chi connectivity index (χ1n) is 11.5. The first-order valence-corrected chi connectivity index (χ1v) is 11.5. The molecule has 6 nitrogen and oxygen atoms in total. The van der Waals surface area contributed by atoms with Gasteiger partial charge in [-0.1, -0.05) is 0 Å². The molecule has 2 aliphatic rings. The molecular formula is C24H38N2O4+2. The lowest BCUT2D eigenvalue weighted by Crippen LogP contribution is -2.57. The molecule has 6 heteroatoms. The number of carbonyl (C=O) groups is 2. The van der Waals surface area contributed by atoms with Crippen molar-refractivity contribution < 1.29 is 28.0 Å². The van der Waals surface area contributed by atoms with Gasteiger partial charge in [-0.05, 0) is 62.8 Å². The van der Waals surface area contributed by atoms with Gasteiger partial charge in [-0.2, -0.15) is 0 Å². The highest BCUT2D eigenvalue weighted by molar-refractivity contribution is 5.93. The lowest BCUT2D eigenvalue weighted by atomic mass is 10.0. The number of piperidine rings is 2. The highest BCUT2D eigenvalue weighted by Crippen LogP contribution is 2.25. The Kier molecular flexibility index (Phi) is 8.17. The van der Waals surface area contributed by atoms with Crippen LogP contribution in [0.5, 0.6) is 0 Å². The Bertz CT molecular complexity index is 643. The lowest BCUT2D eigenvalue weighted by Gasteiger charge is -2.39. The number of rotatable bonds is 8. The van der Waals surface area contributed by atoms with Crippen molar-refractivity contribution in [1.29, 1.82) is 0 Å². The van der Waals surface area contributed by atoms with Crippen molar-refractivity contribution in [1.82, 2.24) is 0 Å². The second-order valence-corrected chi connectivity index (χ2v) is 8.93. The zero-order chi connectivity index (χ0) is 21.5. The van der Waals surface area contributed by atoms with E-state index in [9.17, 15) is 9.59 Å². The second-order valence-electron chi connectivity index (χ2n) is 8.93. The Hall–Kier alpha value is -1.60. The Morgan fingerprint density at radius 2 is 1.00 bits per heavy atom. The fourth-order valence-corrected chi connectivity index (χ4v) is 5.13. The van der Waals surface area contributed by atoms with Crippen molar-refractivity contribution >= 4 is 11.8 Å². The van der Waals surface area contributed by atoms with E-state index < -0.39 is 0 Å². The zero-order valence-corrected chi connectivity index (χ0v) is 18.7. The quantitative estimate of drug-likeness (QED) is 0.608. The van der Waals surface area contributed by atoms with E-state index in [0.717, 1.165) is 51.9 Å². The standard InChI is InChI=1S/C24H38N2O4/c1-29-19-17-25(13-5-3-6-14-25)23(27)21-9-11-22(12-10-21)24(28)26(18-20-30-2)15-7-4-8-16-26/h9-12H,3-8,13-20H2,1-2H3/q+2. The van der Waals surface area contributed by atoms with Crippen LogP contribution in [0.25, 0.3) is 0 Å². The third-order valence-electron chi connectivity index (χ3n) is 7.03. The number of carbonyl (C=O) groups excluding carboxylic acids is 2. The van der Waals surface area contributed by atoms with Gasteiger partial charge >= 0.3 is 11.8 Å². The SMILES string of the molecule is COCC[N+]1(C(=O)c2ccc(C(=O)[N+]3(CCOC)CCCCC3)cc2)CCCCC1. The largest absolute Gasteiger partial charge is 0.379 e. The molecule has 0 N–H and O–H groups in total. The van der Waals surface area contributed by atoms with E-state index in [0.29, 0.717) is 46.4 Å². The maximum Gasteiger partial charge on any atom is 0.345 e. The van der Waals surface area contributed by atoms with E-state index in [1.54, 1.807) is 14.2 Å². The van der Waals surface area contributed by atoms with Crippen molar-refractivity contribution in [2.45, 2.75) is 38.5 Å². The minimum Gasteiger partial charge on any atom is -0.379 e. The minimum atomic E-state index is 0.159. The molecule has 2 aliphatic heterocycles. The molecule has 166 valence electrons. The van der Waals surface area contributed by atoms with Crippen LogP contribution >= 0.6 is 0 Å². The molecular weight excluding hydrogens is 380 g/mol. The number of amides is 2. The van der Waals surface area contributed by atoms with Crippen LogP contribution in [0.3, 0.4) is 0 Å². The van der Waals surface area contributed by atoms with E-state index in [-0.39, 0.29) is 11.8 Å². The number of likely N-dealkylation sites (tertiary alicyclic amines) is 2. The Morgan fingerprint density at radius 1 is 0.667 bits per heavy atom. The smallest absolute Gasteiger partial charge is 0.345 e. The monoisotopic (exact) mass is 418 g/mol. The Morgan fingerprint density at radius 3 is 1.30 bits per heavy atom. The minimum absolute atomic E-state index is 0.159. The van der Waals surface area contributed by atoms with Gasteiger partial charge in [0.2, 0.25) is 0 Å². The molecule has 0 aromatic heterocycles. The molecule has 0 saturated carbocycles. The highest BCUT2D eigenvalue weighted by atomic mass is 16.5. The summed E-state index contributed by atoms with van der Waals surface area (Å²) in [5.74, 6) is 0.319. The molecule has 2 amide bonds. The van der Waals surface area contributed by atoms with Crippen LogP contribution in [-0.2, 0) is 9.47 Å². The van der Waals surface area contributed by atoms with E-state index in [4.69, 9.17) is 9.47 Å². The zero-order valence-electron chi connectivity index (χ0n) is 18.7. The van der Waals surface area contributed by atoms with E-state index in [1.165, 1.54) is 12.8 Å². The van der Waals surface area contributed by atoms with Crippen LogP contribution in [-0.4, -0.2) is 87.5 Å². The maximum atomic E-state index is 13.4.